The molecule has 0 fully saturated rings. The Bertz CT molecular complexity index is 1430. The van der Waals surface area contributed by atoms with Crippen LogP contribution in [-0.2, 0) is 23.1 Å². The number of hydrogen-bond donors (Lipinski definition) is 1. The lowest BCUT2D eigenvalue weighted by atomic mass is 9.97. The van der Waals surface area contributed by atoms with Gasteiger partial charge in [0, 0.05) is 22.4 Å². The number of nitrogens with one attached hydrogen (secondary N) is 1. The molecule has 0 unspecified atom stereocenters. The summed E-state index contributed by atoms with van der Waals surface area (Å²) in [4.78, 5) is 25.3. The SMILES string of the molecule is CCOC(=O)c1c(CNC(=O)OC(C)(C)C)n(C)c2cc(-c3cccc4ccccc34)c(Br)cc12. The molecule has 0 saturated carbocycles. The van der Waals surface area contributed by atoms with Gasteiger partial charge in [-0.3, -0.25) is 0 Å². The average molecular weight is 537 g/mol. The van der Waals surface area contributed by atoms with Crippen LogP contribution in [0.5, 0.6) is 0 Å². The Morgan fingerprint density at radius 3 is 2.43 bits per heavy atom. The van der Waals surface area contributed by atoms with Gasteiger partial charge in [0.05, 0.1) is 24.4 Å². The molecule has 4 aromatic rings. The van der Waals surface area contributed by atoms with Gasteiger partial charge in [-0.05, 0) is 61.7 Å². The molecule has 3 aromatic carbocycles. The molecule has 0 saturated heterocycles. The van der Waals surface area contributed by atoms with Crippen LogP contribution in [0, 0.1) is 0 Å². The van der Waals surface area contributed by atoms with E-state index in [-0.39, 0.29) is 13.2 Å². The van der Waals surface area contributed by atoms with Crippen LogP contribution in [-0.4, -0.2) is 28.8 Å². The number of carbonyl (C=O) groups excluding carboxylic acids is 2. The fraction of sp³-hybridized carbons (Fsp3) is 0.286. The van der Waals surface area contributed by atoms with E-state index in [0.29, 0.717) is 11.3 Å². The zero-order valence-corrected chi connectivity index (χ0v) is 22.2. The van der Waals surface area contributed by atoms with Gasteiger partial charge in [0.15, 0.2) is 0 Å². The molecule has 0 spiro atoms. The first-order chi connectivity index (χ1) is 16.6. The third-order valence-corrected chi connectivity index (χ3v) is 6.42. The molecule has 0 aliphatic carbocycles. The number of fused-ring (bicyclic) bond motifs is 2. The minimum absolute atomic E-state index is 0.120. The van der Waals surface area contributed by atoms with Gasteiger partial charge >= 0.3 is 12.1 Å². The number of hydrogen-bond acceptors (Lipinski definition) is 4. The van der Waals surface area contributed by atoms with Gasteiger partial charge < -0.3 is 19.4 Å². The van der Waals surface area contributed by atoms with Crippen molar-refractivity contribution in [3.63, 3.8) is 0 Å². The second kappa shape index (κ2) is 9.74. The third kappa shape index (κ3) is 5.05. The number of ether oxygens (including phenoxy) is 2. The van der Waals surface area contributed by atoms with Crippen molar-refractivity contribution in [2.45, 2.75) is 39.8 Å². The van der Waals surface area contributed by atoms with Crippen LogP contribution in [0.1, 0.15) is 43.7 Å². The third-order valence-electron chi connectivity index (χ3n) is 5.77. The zero-order valence-electron chi connectivity index (χ0n) is 20.6. The summed E-state index contributed by atoms with van der Waals surface area (Å²) in [6.07, 6.45) is -0.546. The summed E-state index contributed by atoms with van der Waals surface area (Å²) in [6.45, 7) is 7.56. The Kier molecular flexibility index (Phi) is 6.90. The lowest BCUT2D eigenvalue weighted by molar-refractivity contribution is 0.0502. The Balaban J connectivity index is 1.85. The molecule has 4 rings (SSSR count). The van der Waals surface area contributed by atoms with E-state index in [0.717, 1.165) is 37.3 Å². The molecule has 35 heavy (non-hydrogen) atoms. The van der Waals surface area contributed by atoms with Crippen molar-refractivity contribution in [3.8, 4) is 11.1 Å². The monoisotopic (exact) mass is 536 g/mol. The smallest absolute Gasteiger partial charge is 0.407 e. The highest BCUT2D eigenvalue weighted by molar-refractivity contribution is 9.10. The van der Waals surface area contributed by atoms with Gasteiger partial charge in [0.2, 0.25) is 0 Å². The van der Waals surface area contributed by atoms with E-state index in [1.54, 1.807) is 27.7 Å². The molecule has 1 aromatic heterocycles. The van der Waals surface area contributed by atoms with Crippen molar-refractivity contribution < 1.29 is 19.1 Å². The molecule has 0 aliphatic rings. The Morgan fingerprint density at radius 1 is 1.00 bits per heavy atom. The number of aromatic nitrogens is 1. The molecule has 1 N–H and O–H groups in total. The number of rotatable bonds is 5. The summed E-state index contributed by atoms with van der Waals surface area (Å²) in [5.41, 5.74) is 3.42. The van der Waals surface area contributed by atoms with Gasteiger partial charge in [0.1, 0.15) is 5.60 Å². The molecule has 182 valence electrons. The number of aryl methyl sites for hydroxylation is 1. The van der Waals surface area contributed by atoms with Crippen molar-refractivity contribution in [3.05, 3.63) is 70.3 Å². The molecular formula is C28H29BrN2O4. The average Bonchev–Trinajstić information content (AvgIpc) is 3.06. The van der Waals surface area contributed by atoms with Crippen molar-refractivity contribution >= 4 is 49.7 Å². The molecule has 0 atom stereocenters. The van der Waals surface area contributed by atoms with Gasteiger partial charge in [-0.25, -0.2) is 9.59 Å². The minimum atomic E-state index is -0.620. The summed E-state index contributed by atoms with van der Waals surface area (Å²) in [7, 11) is 1.89. The molecule has 7 heteroatoms. The van der Waals surface area contributed by atoms with E-state index in [1.165, 1.54) is 0 Å². The zero-order chi connectivity index (χ0) is 25.3. The van der Waals surface area contributed by atoms with Gasteiger partial charge in [-0.1, -0.05) is 58.4 Å². The second-order valence-corrected chi connectivity index (χ2v) is 10.2. The highest BCUT2D eigenvalue weighted by Crippen LogP contribution is 2.39. The van der Waals surface area contributed by atoms with Crippen LogP contribution < -0.4 is 5.32 Å². The molecule has 0 radical (unpaired) electrons. The Hall–Kier alpha value is -3.32. The fourth-order valence-corrected chi connectivity index (χ4v) is 4.84. The van der Waals surface area contributed by atoms with Crippen molar-refractivity contribution in [1.29, 1.82) is 0 Å². The van der Waals surface area contributed by atoms with E-state index in [4.69, 9.17) is 9.47 Å². The van der Waals surface area contributed by atoms with Crippen LogP contribution in [0.15, 0.2) is 59.1 Å². The highest BCUT2D eigenvalue weighted by Gasteiger charge is 2.25. The van der Waals surface area contributed by atoms with Crippen LogP contribution in [0.2, 0.25) is 0 Å². The maximum atomic E-state index is 13.0. The van der Waals surface area contributed by atoms with E-state index in [1.807, 2.05) is 35.9 Å². The summed E-state index contributed by atoms with van der Waals surface area (Å²) < 4.78 is 13.5. The van der Waals surface area contributed by atoms with E-state index in [9.17, 15) is 9.59 Å². The summed E-state index contributed by atoms with van der Waals surface area (Å²) in [6, 6.07) is 18.5. The number of esters is 1. The maximum Gasteiger partial charge on any atom is 0.407 e. The lowest BCUT2D eigenvalue weighted by Gasteiger charge is -2.20. The van der Waals surface area contributed by atoms with Gasteiger partial charge in [-0.15, -0.1) is 0 Å². The molecule has 0 aliphatic heterocycles. The molecule has 6 nitrogen and oxygen atoms in total. The number of nitrogens with zero attached hydrogens (tertiary/aromatic N) is 1. The van der Waals surface area contributed by atoms with E-state index in [2.05, 4.69) is 51.6 Å². The number of benzene rings is 3. The first-order valence-electron chi connectivity index (χ1n) is 11.5. The van der Waals surface area contributed by atoms with Crippen molar-refractivity contribution in [2.24, 2.45) is 7.05 Å². The van der Waals surface area contributed by atoms with Crippen molar-refractivity contribution in [2.75, 3.05) is 6.61 Å². The minimum Gasteiger partial charge on any atom is -0.462 e. The maximum absolute atomic E-state index is 13.0. The van der Waals surface area contributed by atoms with E-state index < -0.39 is 17.7 Å². The number of alkyl carbamates (subject to hydrolysis) is 1. The Morgan fingerprint density at radius 2 is 1.71 bits per heavy atom. The predicted molar refractivity (Wildman–Crippen MR) is 143 cm³/mol. The molecule has 1 heterocycles. The first kappa shape index (κ1) is 24.8. The quantitative estimate of drug-likeness (QED) is 0.280. The van der Waals surface area contributed by atoms with E-state index >= 15 is 0 Å². The molecule has 0 bridgehead atoms. The topological polar surface area (TPSA) is 69.6 Å². The van der Waals surface area contributed by atoms with Gasteiger partial charge in [-0.2, -0.15) is 0 Å². The summed E-state index contributed by atoms with van der Waals surface area (Å²) in [5.74, 6) is -0.427. The van der Waals surface area contributed by atoms with Crippen LogP contribution >= 0.6 is 15.9 Å². The largest absolute Gasteiger partial charge is 0.462 e. The number of carbonyl (C=O) groups is 2. The first-order valence-corrected chi connectivity index (χ1v) is 12.3. The Labute approximate surface area is 213 Å². The summed E-state index contributed by atoms with van der Waals surface area (Å²) >= 11 is 3.74. The normalized spacial score (nSPS) is 11.6. The highest BCUT2D eigenvalue weighted by atomic mass is 79.9. The molecular weight excluding hydrogens is 508 g/mol. The van der Waals surface area contributed by atoms with Crippen molar-refractivity contribution in [1.82, 2.24) is 9.88 Å². The fourth-order valence-electron chi connectivity index (χ4n) is 4.28. The van der Waals surface area contributed by atoms with Crippen LogP contribution in [0.4, 0.5) is 4.79 Å². The standard InChI is InChI=1S/C28H29BrN2O4/c1-6-34-26(32)25-21-14-22(29)20(19-13-9-11-17-10-7-8-12-18(17)19)15-23(21)31(5)24(25)16-30-27(33)35-28(2,3)4/h7-15H,6,16H2,1-5H3,(H,30,33). The second-order valence-electron chi connectivity index (χ2n) is 9.33. The lowest BCUT2D eigenvalue weighted by Crippen LogP contribution is -2.33. The molecule has 1 amide bonds. The van der Waals surface area contributed by atoms with Gasteiger partial charge in [0.25, 0.3) is 0 Å². The number of halogens is 1. The van der Waals surface area contributed by atoms with Crippen LogP contribution in [0.25, 0.3) is 32.8 Å². The number of amides is 1. The summed E-state index contributed by atoms with van der Waals surface area (Å²) in [5, 5.41) is 5.82. The van der Waals surface area contributed by atoms with Crippen LogP contribution in [0.3, 0.4) is 0 Å². The predicted octanol–water partition coefficient (Wildman–Crippen LogP) is 6.96.